The van der Waals surface area contributed by atoms with Gasteiger partial charge in [-0.05, 0) is 60.9 Å². The van der Waals surface area contributed by atoms with Crippen LogP contribution >= 0.6 is 54.7 Å². The SMILES string of the molecule is C.CC(=O)OCCl.CC(=O)OCS[P@@](=O)(OC[C@H]1O[CH-]CC1O)OC1C[CH-]O[C@@H]1CO.CC[C@H]1O[CH-]CC1OP(O)(=S)OC[C@H]1O[CH-]CC1O[Si](C)(C)C(C)(C)C.CC[C@H]1O[CH-]CC1O[P@](=O)(OC[C@H]1O[CH-]CC1O[Si](C)(C)C(C)(C)C)SCOC(C)=O.[Ba+2].[Ba+2].[Ba+2].[Ba+2].[Ba+2].[Ba+2].[H-].[H-].[H-].[H-].[H-].[H-]. The van der Waals surface area contributed by atoms with Crippen molar-refractivity contribution in [1.29, 1.82) is 0 Å². The molecule has 25 nitrogen and oxygen atoms in total. The van der Waals surface area contributed by atoms with E-state index in [1.807, 2.05) is 13.8 Å². The van der Waals surface area contributed by atoms with E-state index in [1.54, 1.807) is 26.4 Å². The zero-order chi connectivity index (χ0) is 65.4. The second-order valence-electron chi connectivity index (χ2n) is 23.6. The van der Waals surface area contributed by atoms with E-state index < -0.39 is 73.3 Å². The molecule has 6 aliphatic rings. The van der Waals surface area contributed by atoms with Gasteiger partial charge in [0.25, 0.3) is 0 Å². The van der Waals surface area contributed by atoms with E-state index in [-0.39, 0.29) is 419 Å². The van der Waals surface area contributed by atoms with E-state index in [0.717, 1.165) is 24.2 Å². The molecule has 94 heavy (non-hydrogen) atoms. The van der Waals surface area contributed by atoms with Crippen LogP contribution in [0.3, 0.4) is 0 Å². The number of alkyl halides is 1. The Balaban J connectivity index is -0.000000120. The molecule has 7 unspecified atom stereocenters. The van der Waals surface area contributed by atoms with Gasteiger partial charge in [-0.15, -0.1) is 38.5 Å². The topological polar surface area (TPSA) is 303 Å². The summed E-state index contributed by atoms with van der Waals surface area (Å²) >= 11 is 11.7. The number of rotatable bonds is 29. The minimum Gasteiger partial charge on any atom is -1.00 e. The summed E-state index contributed by atoms with van der Waals surface area (Å²) in [6.07, 6.45) is 0.190. The van der Waals surface area contributed by atoms with E-state index in [1.165, 1.54) is 34.0 Å². The molecule has 0 bridgehead atoms. The average Bonchev–Trinajstić information content (AvgIpc) is 1.38. The molecule has 0 saturated carbocycles. The second kappa shape index (κ2) is 56.8. The number of aliphatic hydroxyl groups excluding tert-OH is 2. The first-order valence-corrected chi connectivity index (χ1v) is 44.0. The van der Waals surface area contributed by atoms with E-state index in [2.05, 4.69) is 72.5 Å². The van der Waals surface area contributed by atoms with Crippen LogP contribution in [0.2, 0.25) is 36.3 Å². The molecule has 6 fully saturated rings. The van der Waals surface area contributed by atoms with Crippen molar-refractivity contribution in [3.8, 4) is 0 Å². The van der Waals surface area contributed by atoms with Crippen molar-refractivity contribution in [3.63, 3.8) is 0 Å². The van der Waals surface area contributed by atoms with Gasteiger partial charge in [-0.1, -0.05) is 74.4 Å². The predicted molar refractivity (Wildman–Crippen MR) is 384 cm³/mol. The van der Waals surface area contributed by atoms with Gasteiger partial charge in [0.2, 0.25) is 0 Å². The van der Waals surface area contributed by atoms with Crippen molar-refractivity contribution >= 4 is 394 Å². The van der Waals surface area contributed by atoms with E-state index in [0.29, 0.717) is 49.9 Å². The Kier molecular flexibility index (Phi) is 67.9. The summed E-state index contributed by atoms with van der Waals surface area (Å²) in [6.45, 7) is 28.6. The van der Waals surface area contributed by atoms with Gasteiger partial charge in [0.05, 0.1) is 75.3 Å². The molecule has 532 valence electrons. The number of carbonyl (C=O) groups excluding carboxylic acids is 3. The number of esters is 3. The first kappa shape index (κ1) is 112. The van der Waals surface area contributed by atoms with Crippen molar-refractivity contribution in [3.05, 3.63) is 39.6 Å². The van der Waals surface area contributed by atoms with Crippen LogP contribution in [0.25, 0.3) is 0 Å². The van der Waals surface area contributed by atoms with Gasteiger partial charge in [0.15, 0.2) is 22.7 Å². The van der Waals surface area contributed by atoms with E-state index in [4.69, 9.17) is 97.3 Å². The smallest absolute Gasteiger partial charge is 1.00 e. The van der Waals surface area contributed by atoms with Crippen LogP contribution in [0.5, 0.6) is 0 Å². The number of halogens is 1. The average molecular weight is 2260 g/mol. The Morgan fingerprint density at radius 2 is 0.851 bits per heavy atom. The molecule has 6 heterocycles. The summed E-state index contributed by atoms with van der Waals surface area (Å²) in [5.41, 5.74) is 0. The Bertz CT molecular complexity index is 2270. The van der Waals surface area contributed by atoms with Gasteiger partial charge < -0.3 is 84.2 Å². The maximum Gasteiger partial charge on any atom is 2.00 e. The number of hydrogen-bond acceptors (Lipinski definition) is 27. The molecule has 0 amide bonds. The zero-order valence-electron chi connectivity index (χ0n) is 63.0. The Labute approximate surface area is 832 Å². The Morgan fingerprint density at radius 1 is 0.543 bits per heavy atom. The first-order chi connectivity index (χ1) is 40.5. The van der Waals surface area contributed by atoms with Gasteiger partial charge in [0.1, 0.15) is 11.9 Å². The first-order valence-electron chi connectivity index (χ1n) is 28.8. The van der Waals surface area contributed by atoms with Crippen LogP contribution in [-0.2, 0) is 114 Å². The molecule has 0 radical (unpaired) electrons. The van der Waals surface area contributed by atoms with Crippen LogP contribution in [0.15, 0.2) is 0 Å². The fourth-order valence-corrected chi connectivity index (χ4v) is 17.9. The predicted octanol–water partition coefficient (Wildman–Crippen LogP) is 10.5. The standard InChI is InChI=1S/C20H37O8PSSi.C17H33O6PSSi.C13H21O9PS.C3H5ClO2.CH4.6Ba.6H/c1-8-16-17(9-11-23-16)27-29(22,30-14-25-15(2)21)26-13-19-18(10-12-24-19)28-31(6,7)20(3,4)5;1-7-13-14(8-10-19-13)22-24(18,25)21-12-16-15(9-11-20-16)23-26(5,6)17(2,3)4;1-9(15)20-8-24-23(17,21-7-13-10(16)2-4-19-13)22-11-3-5-18-12(11)6-14;1-3(5)6-2-4;;;;;;;;;;;;;/h11-12,16-19H,8-10,13-14H2,1-7H3;10-11,13-16H,7-9,12H2,1-6H3,(H,18,25);4-5,10-14,16H,2-3,6-8H2,1H3;2H2,1H3;1H4;;;;;;;;;;;;/q3*-2;;;6*+2;6*-1/t16-,17?,18?,19-,29+;13-,14?,15?,16-,24?;10?,11?,12-,13-,23+;;;;;;;;;;;;;;/m111............../s1. The van der Waals surface area contributed by atoms with Crippen molar-refractivity contribution in [2.45, 2.75) is 244 Å². The number of ether oxygens (including phenoxy) is 9. The molecule has 6 aliphatic heterocycles. The van der Waals surface area contributed by atoms with Crippen molar-refractivity contribution in [2.75, 3.05) is 44.4 Å². The summed E-state index contributed by atoms with van der Waals surface area (Å²) in [6, 6.07) is -0.0463. The molecule has 6 rings (SSSR count). The molecule has 3 N–H and O–H groups in total. The molecule has 40 heteroatoms. The molecular formula is C54H106Ba6ClO25P3S3Si2. The Morgan fingerprint density at radius 3 is 1.17 bits per heavy atom. The number of hydrogen-bond donors (Lipinski definition) is 3. The van der Waals surface area contributed by atoms with Crippen molar-refractivity contribution in [2.24, 2.45) is 0 Å². The number of aliphatic hydroxyl groups is 2. The van der Waals surface area contributed by atoms with Crippen LogP contribution in [-0.4, -0.2) is 461 Å². The molecular weight excluding hydrogens is 2150 g/mol. The molecule has 0 aromatic carbocycles. The summed E-state index contributed by atoms with van der Waals surface area (Å²) in [5.74, 6) is -1.66. The fourth-order valence-electron chi connectivity index (χ4n) is 7.75. The maximum absolute atomic E-state index is 13.5. The zero-order valence-corrected chi connectivity index (χ0v) is 91.5. The quantitative estimate of drug-likeness (QED) is 0.0119. The maximum atomic E-state index is 13.5. The van der Waals surface area contributed by atoms with Gasteiger partial charge in [-0.2, -0.15) is 0 Å². The molecule has 0 spiro atoms. The van der Waals surface area contributed by atoms with E-state index >= 15 is 0 Å². The molecule has 0 aromatic heterocycles. The molecule has 15 atom stereocenters. The normalized spacial score (nSPS) is 27.5. The molecule has 0 aromatic rings. The fraction of sp³-hybridized carbons (Fsp3) is 0.833. The van der Waals surface area contributed by atoms with Crippen LogP contribution in [0, 0.1) is 39.6 Å². The largest absolute Gasteiger partial charge is 2.00 e. The third kappa shape index (κ3) is 43.6. The van der Waals surface area contributed by atoms with E-state index in [9.17, 15) is 38.6 Å². The summed E-state index contributed by atoms with van der Waals surface area (Å²) in [5, 5.41) is 19.1. The molecule has 6 saturated heterocycles. The number of carbonyl (C=O) groups is 3. The summed E-state index contributed by atoms with van der Waals surface area (Å²) in [7, 11) is -3.92. The van der Waals surface area contributed by atoms with Crippen LogP contribution in [0.1, 0.15) is 144 Å². The van der Waals surface area contributed by atoms with Gasteiger partial charge in [-0.3, -0.25) is 32.5 Å². The molecule has 0 aliphatic carbocycles. The van der Waals surface area contributed by atoms with Crippen LogP contribution < -0.4 is 0 Å². The monoisotopic (exact) mass is 2260 g/mol. The Hall–Kier alpha value is 9.69. The second-order valence-corrected chi connectivity index (χ2v) is 44.0. The van der Waals surface area contributed by atoms with Crippen molar-refractivity contribution in [1.82, 2.24) is 0 Å². The van der Waals surface area contributed by atoms with Gasteiger partial charge in [-0.25, -0.2) is 48.8 Å². The summed E-state index contributed by atoms with van der Waals surface area (Å²) < 4.78 is 120. The third-order valence-corrected chi connectivity index (χ3v) is 32.2. The minimum atomic E-state index is -3.73. The van der Waals surface area contributed by atoms with Gasteiger partial charge >= 0.3 is 332 Å². The van der Waals surface area contributed by atoms with Crippen LogP contribution in [0.4, 0.5) is 0 Å². The minimum absolute atomic E-state index is 0. The van der Waals surface area contributed by atoms with Crippen molar-refractivity contribution < 1.29 is 126 Å². The van der Waals surface area contributed by atoms with Gasteiger partial charge in [0, 0.05) is 68.0 Å². The summed E-state index contributed by atoms with van der Waals surface area (Å²) in [4.78, 5) is 42.1. The third-order valence-electron chi connectivity index (χ3n) is 14.8.